The average Bonchev–Trinajstić information content (AvgIpc) is 2.31. The van der Waals surface area contributed by atoms with Gasteiger partial charge in [0.1, 0.15) is 0 Å². The summed E-state index contributed by atoms with van der Waals surface area (Å²) in [6.45, 7) is 2.20. The maximum Gasteiger partial charge on any atom is 0.306 e. The molecule has 2 atom stereocenters. The summed E-state index contributed by atoms with van der Waals surface area (Å²) in [7, 11) is 0. The topological polar surface area (TPSA) is 77.8 Å². The molecule has 0 aromatic carbocycles. The highest BCUT2D eigenvalue weighted by Crippen LogP contribution is 2.12. The molecule has 0 aromatic heterocycles. The number of hydrogen-bond donors (Lipinski definition) is 3. The molecule has 0 rings (SSSR count). The number of aliphatic carboxylic acids is 1. The highest BCUT2D eigenvalue weighted by molar-refractivity contribution is 5.67. The van der Waals surface area contributed by atoms with Crippen molar-refractivity contribution in [1.29, 1.82) is 0 Å². The van der Waals surface area contributed by atoms with Crippen LogP contribution >= 0.6 is 0 Å². The molecule has 0 spiro atoms. The van der Waals surface area contributed by atoms with Gasteiger partial charge in [0, 0.05) is 0 Å². The van der Waals surface area contributed by atoms with Gasteiger partial charge in [-0.3, -0.25) is 4.79 Å². The molecule has 0 aromatic rings. The largest absolute Gasteiger partial charge is 0.481 e. The van der Waals surface area contributed by atoms with Crippen LogP contribution in [-0.2, 0) is 4.79 Å². The number of unbranched alkanes of at least 4 members (excludes halogenated alkanes) is 7. The van der Waals surface area contributed by atoms with Gasteiger partial charge in [-0.15, -0.1) is 0 Å². The van der Waals surface area contributed by atoms with Gasteiger partial charge in [0.2, 0.25) is 0 Å². The number of hydrogen-bond acceptors (Lipinski definition) is 3. The van der Waals surface area contributed by atoms with Gasteiger partial charge in [0.15, 0.2) is 0 Å². The molecular formula is C14H28O4. The Hall–Kier alpha value is -0.610. The van der Waals surface area contributed by atoms with Gasteiger partial charge < -0.3 is 15.3 Å². The predicted octanol–water partition coefficient (Wildman–Crippen LogP) is 2.71. The Kier molecular flexibility index (Phi) is 11.1. The first kappa shape index (κ1) is 17.4. The zero-order valence-corrected chi connectivity index (χ0v) is 11.5. The average molecular weight is 260 g/mol. The molecule has 2 unspecified atom stereocenters. The Morgan fingerprint density at radius 2 is 1.39 bits per heavy atom. The Morgan fingerprint density at radius 1 is 0.889 bits per heavy atom. The zero-order valence-electron chi connectivity index (χ0n) is 11.5. The van der Waals surface area contributed by atoms with Crippen LogP contribution in [0.15, 0.2) is 0 Å². The summed E-state index contributed by atoms with van der Waals surface area (Å²) in [6.07, 6.45) is 7.51. The third kappa shape index (κ3) is 10.5. The van der Waals surface area contributed by atoms with Crippen molar-refractivity contribution in [1.82, 2.24) is 0 Å². The summed E-state index contributed by atoms with van der Waals surface area (Å²) in [5.41, 5.74) is 0. The molecule has 0 amide bonds. The number of carboxylic acids is 1. The molecule has 0 aliphatic rings. The number of aliphatic hydroxyl groups is 2. The highest BCUT2D eigenvalue weighted by atomic mass is 16.4. The molecule has 0 bridgehead atoms. The summed E-state index contributed by atoms with van der Waals surface area (Å²) < 4.78 is 0. The summed E-state index contributed by atoms with van der Waals surface area (Å²) >= 11 is 0. The van der Waals surface area contributed by atoms with E-state index in [1.807, 2.05) is 0 Å². The van der Waals surface area contributed by atoms with E-state index in [1.54, 1.807) is 0 Å². The van der Waals surface area contributed by atoms with Crippen LogP contribution in [0.2, 0.25) is 0 Å². The molecule has 0 radical (unpaired) electrons. The van der Waals surface area contributed by atoms with Gasteiger partial charge in [-0.1, -0.05) is 58.3 Å². The van der Waals surface area contributed by atoms with Crippen LogP contribution in [0.25, 0.3) is 0 Å². The first-order chi connectivity index (χ1) is 8.57. The zero-order chi connectivity index (χ0) is 13.8. The fourth-order valence-electron chi connectivity index (χ4n) is 1.99. The van der Waals surface area contributed by atoms with E-state index in [0.29, 0.717) is 6.42 Å². The summed E-state index contributed by atoms with van der Waals surface area (Å²) in [5, 5.41) is 27.4. The molecule has 3 N–H and O–H groups in total. The second-order valence-electron chi connectivity index (χ2n) is 5.00. The molecule has 0 saturated carbocycles. The van der Waals surface area contributed by atoms with Gasteiger partial charge in [0.25, 0.3) is 0 Å². The monoisotopic (exact) mass is 260 g/mol. The van der Waals surface area contributed by atoms with Crippen LogP contribution in [0, 0.1) is 0 Å². The Bertz CT molecular complexity index is 206. The second-order valence-corrected chi connectivity index (χ2v) is 5.00. The van der Waals surface area contributed by atoms with E-state index in [4.69, 9.17) is 5.11 Å². The van der Waals surface area contributed by atoms with E-state index in [-0.39, 0.29) is 6.42 Å². The third-order valence-electron chi connectivity index (χ3n) is 3.18. The molecule has 0 aliphatic heterocycles. The SMILES string of the molecule is CCCCCCCCCCC(O)C(O)CC(=O)O. The molecule has 0 fully saturated rings. The van der Waals surface area contributed by atoms with Crippen molar-refractivity contribution in [2.45, 2.75) is 83.3 Å². The van der Waals surface area contributed by atoms with Crippen molar-refractivity contribution in [3.63, 3.8) is 0 Å². The summed E-state index contributed by atoms with van der Waals surface area (Å²) in [5.74, 6) is -1.07. The van der Waals surface area contributed by atoms with E-state index in [1.165, 1.54) is 32.1 Å². The van der Waals surface area contributed by atoms with Gasteiger partial charge >= 0.3 is 5.97 Å². The van der Waals surface area contributed by atoms with Gasteiger partial charge in [0.05, 0.1) is 18.6 Å². The van der Waals surface area contributed by atoms with Gasteiger partial charge in [-0.25, -0.2) is 0 Å². The van der Waals surface area contributed by atoms with Crippen molar-refractivity contribution >= 4 is 5.97 Å². The second kappa shape index (κ2) is 11.5. The van der Waals surface area contributed by atoms with Crippen LogP contribution < -0.4 is 0 Å². The fourth-order valence-corrected chi connectivity index (χ4v) is 1.99. The Labute approximate surface area is 110 Å². The van der Waals surface area contributed by atoms with Crippen molar-refractivity contribution in [2.24, 2.45) is 0 Å². The molecule has 108 valence electrons. The van der Waals surface area contributed by atoms with E-state index in [0.717, 1.165) is 19.3 Å². The maximum atomic E-state index is 10.3. The van der Waals surface area contributed by atoms with E-state index in [9.17, 15) is 15.0 Å². The number of aliphatic hydroxyl groups excluding tert-OH is 2. The van der Waals surface area contributed by atoms with Crippen LogP contribution in [0.1, 0.15) is 71.1 Å². The third-order valence-corrected chi connectivity index (χ3v) is 3.18. The molecule has 18 heavy (non-hydrogen) atoms. The quantitative estimate of drug-likeness (QED) is 0.471. The van der Waals surface area contributed by atoms with Crippen LogP contribution in [0.3, 0.4) is 0 Å². The number of carbonyl (C=O) groups is 1. The first-order valence-corrected chi connectivity index (χ1v) is 7.15. The molecule has 4 nitrogen and oxygen atoms in total. The fraction of sp³-hybridized carbons (Fsp3) is 0.929. The minimum atomic E-state index is -1.13. The molecule has 0 aliphatic carbocycles. The highest BCUT2D eigenvalue weighted by Gasteiger charge is 2.18. The van der Waals surface area contributed by atoms with Crippen molar-refractivity contribution in [2.75, 3.05) is 0 Å². The summed E-state index contributed by atoms with van der Waals surface area (Å²) in [6, 6.07) is 0. The predicted molar refractivity (Wildman–Crippen MR) is 71.5 cm³/mol. The van der Waals surface area contributed by atoms with Crippen LogP contribution in [0.5, 0.6) is 0 Å². The Balaban J connectivity index is 3.34. The van der Waals surface area contributed by atoms with Gasteiger partial charge in [-0.2, -0.15) is 0 Å². The smallest absolute Gasteiger partial charge is 0.306 e. The summed E-state index contributed by atoms with van der Waals surface area (Å²) in [4.78, 5) is 10.3. The minimum absolute atomic E-state index is 0.377. The number of rotatable bonds is 12. The van der Waals surface area contributed by atoms with Crippen molar-refractivity contribution < 1.29 is 20.1 Å². The standard InChI is InChI=1S/C14H28O4/c1-2-3-4-5-6-7-8-9-10-12(15)13(16)11-14(17)18/h12-13,15-16H,2-11H2,1H3,(H,17,18). The lowest BCUT2D eigenvalue weighted by molar-refractivity contribution is -0.141. The van der Waals surface area contributed by atoms with E-state index >= 15 is 0 Å². The Morgan fingerprint density at radius 3 is 1.89 bits per heavy atom. The minimum Gasteiger partial charge on any atom is -0.481 e. The van der Waals surface area contributed by atoms with E-state index in [2.05, 4.69) is 6.92 Å². The molecule has 4 heteroatoms. The number of carboxylic acid groups (broad SMARTS) is 1. The molecular weight excluding hydrogens is 232 g/mol. The first-order valence-electron chi connectivity index (χ1n) is 7.15. The van der Waals surface area contributed by atoms with Crippen LogP contribution in [0.4, 0.5) is 0 Å². The molecule has 0 heterocycles. The maximum absolute atomic E-state index is 10.3. The van der Waals surface area contributed by atoms with E-state index < -0.39 is 18.2 Å². The molecule has 0 saturated heterocycles. The van der Waals surface area contributed by atoms with Crippen molar-refractivity contribution in [3.8, 4) is 0 Å². The lowest BCUT2D eigenvalue weighted by atomic mass is 10.0. The normalized spacial score (nSPS) is 14.4. The van der Waals surface area contributed by atoms with Gasteiger partial charge in [-0.05, 0) is 6.42 Å². The van der Waals surface area contributed by atoms with Crippen LogP contribution in [-0.4, -0.2) is 33.5 Å². The lowest BCUT2D eigenvalue weighted by Gasteiger charge is -2.15. The van der Waals surface area contributed by atoms with Crippen molar-refractivity contribution in [3.05, 3.63) is 0 Å². The lowest BCUT2D eigenvalue weighted by Crippen LogP contribution is -2.28.